The molecule has 0 spiro atoms. The number of benzene rings is 1. The summed E-state index contributed by atoms with van der Waals surface area (Å²) in [5.41, 5.74) is 1.08. The first-order chi connectivity index (χ1) is 11.2. The molecule has 0 aromatic heterocycles. The molecule has 3 rings (SSSR count). The van der Waals surface area contributed by atoms with Crippen LogP contribution in [0.15, 0.2) is 22.7 Å². The van der Waals surface area contributed by atoms with Gasteiger partial charge in [0.25, 0.3) is 0 Å². The van der Waals surface area contributed by atoms with Gasteiger partial charge < -0.3 is 15.0 Å². The van der Waals surface area contributed by atoms with Crippen molar-refractivity contribution >= 4 is 34.2 Å². The number of nitrogens with zero attached hydrogens (tertiary/aromatic N) is 1. The van der Waals surface area contributed by atoms with Gasteiger partial charge in [0.05, 0.1) is 6.61 Å². The van der Waals surface area contributed by atoms with Gasteiger partial charge in [0, 0.05) is 35.1 Å². The average molecular weight is 418 g/mol. The Morgan fingerprint density at radius 1 is 1.38 bits per heavy atom. The summed E-state index contributed by atoms with van der Waals surface area (Å²) in [5.74, 6) is 1.16. The largest absolute Gasteiger partial charge is 0.494 e. The molecule has 1 unspecified atom stereocenters. The number of carbonyl (C=O) groups is 1. The SMILES string of the molecule is CCOc1ccc(Br)cc1CN(C(=O)CC1CCCN1)C1CC1.Cl. The Morgan fingerprint density at radius 2 is 2.17 bits per heavy atom. The highest BCUT2D eigenvalue weighted by Gasteiger charge is 2.34. The lowest BCUT2D eigenvalue weighted by atomic mass is 10.1. The minimum absolute atomic E-state index is 0. The quantitative estimate of drug-likeness (QED) is 0.731. The first-order valence-corrected chi connectivity index (χ1v) is 9.40. The lowest BCUT2D eigenvalue weighted by Crippen LogP contribution is -2.37. The molecule has 2 aliphatic rings. The van der Waals surface area contributed by atoms with Crippen LogP contribution in [0, 0.1) is 0 Å². The molecule has 1 saturated carbocycles. The van der Waals surface area contributed by atoms with Crippen LogP contribution < -0.4 is 10.1 Å². The topological polar surface area (TPSA) is 41.6 Å². The second-order valence-electron chi connectivity index (χ2n) is 6.44. The molecule has 1 N–H and O–H groups in total. The first kappa shape index (κ1) is 19.5. The number of rotatable bonds is 7. The standard InChI is InChI=1S/C18H25BrN2O2.ClH/c1-2-23-17-8-5-14(19)10-13(17)12-21(16-6-7-16)18(22)11-15-4-3-9-20-15;/h5,8,10,15-16,20H,2-4,6-7,9,11-12H2,1H3;1H. The summed E-state index contributed by atoms with van der Waals surface area (Å²) < 4.78 is 6.76. The maximum atomic E-state index is 12.8. The highest BCUT2D eigenvalue weighted by molar-refractivity contribution is 9.10. The van der Waals surface area contributed by atoms with Gasteiger partial charge in [-0.2, -0.15) is 0 Å². The zero-order chi connectivity index (χ0) is 16.2. The second kappa shape index (κ2) is 9.07. The van der Waals surface area contributed by atoms with Crippen LogP contribution >= 0.6 is 28.3 Å². The number of ether oxygens (including phenoxy) is 1. The fourth-order valence-electron chi connectivity index (χ4n) is 3.22. The Bertz CT molecular complexity index is 560. The van der Waals surface area contributed by atoms with Crippen molar-refractivity contribution < 1.29 is 9.53 Å². The highest BCUT2D eigenvalue weighted by Crippen LogP contribution is 2.32. The molecular weight excluding hydrogens is 392 g/mol. The van der Waals surface area contributed by atoms with E-state index in [1.54, 1.807) is 0 Å². The van der Waals surface area contributed by atoms with Crippen molar-refractivity contribution in [3.63, 3.8) is 0 Å². The Hall–Kier alpha value is -0.780. The van der Waals surface area contributed by atoms with Crippen molar-refractivity contribution in [2.75, 3.05) is 13.2 Å². The molecular formula is C18H26BrClN2O2. The third kappa shape index (κ3) is 5.11. The van der Waals surface area contributed by atoms with Gasteiger partial charge in [-0.3, -0.25) is 4.79 Å². The molecule has 2 fully saturated rings. The minimum Gasteiger partial charge on any atom is -0.494 e. The van der Waals surface area contributed by atoms with E-state index in [4.69, 9.17) is 4.74 Å². The van der Waals surface area contributed by atoms with E-state index in [-0.39, 0.29) is 18.3 Å². The van der Waals surface area contributed by atoms with Crippen LogP contribution in [0.4, 0.5) is 0 Å². The monoisotopic (exact) mass is 416 g/mol. The van der Waals surface area contributed by atoms with Crippen LogP contribution in [0.2, 0.25) is 0 Å². The fraction of sp³-hybridized carbons (Fsp3) is 0.611. The van der Waals surface area contributed by atoms with Gasteiger partial charge in [0.2, 0.25) is 5.91 Å². The van der Waals surface area contributed by atoms with Crippen LogP contribution in [-0.4, -0.2) is 36.0 Å². The van der Waals surface area contributed by atoms with Gasteiger partial charge in [-0.15, -0.1) is 12.4 Å². The smallest absolute Gasteiger partial charge is 0.224 e. The Kier molecular flexibility index (Phi) is 7.38. The van der Waals surface area contributed by atoms with E-state index in [9.17, 15) is 4.79 Å². The predicted molar refractivity (Wildman–Crippen MR) is 102 cm³/mol. The van der Waals surface area contributed by atoms with Crippen molar-refractivity contribution in [3.05, 3.63) is 28.2 Å². The normalized spacial score (nSPS) is 19.7. The molecule has 0 radical (unpaired) electrons. The minimum atomic E-state index is 0. The number of carbonyl (C=O) groups excluding carboxylic acids is 1. The van der Waals surface area contributed by atoms with Gasteiger partial charge in [-0.25, -0.2) is 0 Å². The predicted octanol–water partition coefficient (Wildman–Crippen LogP) is 3.90. The van der Waals surface area contributed by atoms with Crippen LogP contribution in [0.25, 0.3) is 0 Å². The summed E-state index contributed by atoms with van der Waals surface area (Å²) in [7, 11) is 0. The summed E-state index contributed by atoms with van der Waals surface area (Å²) >= 11 is 3.53. The van der Waals surface area contributed by atoms with Crippen molar-refractivity contribution in [1.82, 2.24) is 10.2 Å². The Morgan fingerprint density at radius 3 is 2.79 bits per heavy atom. The number of hydrogen-bond donors (Lipinski definition) is 1. The van der Waals surface area contributed by atoms with E-state index in [1.807, 2.05) is 19.1 Å². The van der Waals surface area contributed by atoms with Crippen molar-refractivity contribution in [2.45, 2.75) is 57.7 Å². The molecule has 1 aromatic carbocycles. The molecule has 1 saturated heterocycles. The van der Waals surface area contributed by atoms with E-state index in [1.165, 1.54) is 6.42 Å². The van der Waals surface area contributed by atoms with E-state index in [0.29, 0.717) is 31.7 Å². The van der Waals surface area contributed by atoms with Crippen LogP contribution in [0.1, 0.15) is 44.6 Å². The zero-order valence-electron chi connectivity index (χ0n) is 14.1. The summed E-state index contributed by atoms with van der Waals surface area (Å²) in [6.45, 7) is 4.31. The van der Waals surface area contributed by atoms with Crippen molar-refractivity contribution in [3.8, 4) is 5.75 Å². The summed E-state index contributed by atoms with van der Waals surface area (Å²) in [5, 5.41) is 3.43. The maximum absolute atomic E-state index is 12.8. The third-order valence-corrected chi connectivity index (χ3v) is 5.05. The lowest BCUT2D eigenvalue weighted by Gasteiger charge is -2.25. The van der Waals surface area contributed by atoms with Gasteiger partial charge in [-0.05, 0) is 57.4 Å². The molecule has 1 amide bonds. The number of nitrogens with one attached hydrogen (secondary N) is 1. The molecule has 1 aromatic rings. The van der Waals surface area contributed by atoms with Gasteiger partial charge in [-0.1, -0.05) is 15.9 Å². The van der Waals surface area contributed by atoms with Crippen LogP contribution in [0.5, 0.6) is 5.75 Å². The van der Waals surface area contributed by atoms with E-state index < -0.39 is 0 Å². The second-order valence-corrected chi connectivity index (χ2v) is 7.35. The summed E-state index contributed by atoms with van der Waals surface area (Å²) in [6.07, 6.45) is 5.17. The number of hydrogen-bond acceptors (Lipinski definition) is 3. The number of halogens is 2. The molecule has 0 bridgehead atoms. The maximum Gasteiger partial charge on any atom is 0.224 e. The fourth-order valence-corrected chi connectivity index (χ4v) is 3.63. The molecule has 1 heterocycles. The lowest BCUT2D eigenvalue weighted by molar-refractivity contribution is -0.132. The first-order valence-electron chi connectivity index (χ1n) is 8.61. The Balaban J connectivity index is 0.00000208. The van der Waals surface area contributed by atoms with E-state index >= 15 is 0 Å². The number of amides is 1. The van der Waals surface area contributed by atoms with Crippen molar-refractivity contribution in [2.24, 2.45) is 0 Å². The molecule has 1 aliphatic heterocycles. The van der Waals surface area contributed by atoms with E-state index in [0.717, 1.165) is 41.6 Å². The zero-order valence-corrected chi connectivity index (χ0v) is 16.5. The summed E-state index contributed by atoms with van der Waals surface area (Å²) in [4.78, 5) is 14.8. The molecule has 134 valence electrons. The van der Waals surface area contributed by atoms with Gasteiger partial charge in [0.1, 0.15) is 5.75 Å². The van der Waals surface area contributed by atoms with Crippen LogP contribution in [0.3, 0.4) is 0 Å². The molecule has 4 nitrogen and oxygen atoms in total. The van der Waals surface area contributed by atoms with Crippen LogP contribution in [-0.2, 0) is 11.3 Å². The van der Waals surface area contributed by atoms with Gasteiger partial charge in [0.15, 0.2) is 0 Å². The summed E-state index contributed by atoms with van der Waals surface area (Å²) in [6, 6.07) is 6.81. The third-order valence-electron chi connectivity index (χ3n) is 4.55. The highest BCUT2D eigenvalue weighted by atomic mass is 79.9. The van der Waals surface area contributed by atoms with E-state index in [2.05, 4.69) is 32.2 Å². The average Bonchev–Trinajstić information content (AvgIpc) is 3.24. The molecule has 24 heavy (non-hydrogen) atoms. The molecule has 1 aliphatic carbocycles. The molecule has 1 atom stereocenters. The van der Waals surface area contributed by atoms with Gasteiger partial charge >= 0.3 is 0 Å². The van der Waals surface area contributed by atoms with Crippen molar-refractivity contribution in [1.29, 1.82) is 0 Å². The molecule has 6 heteroatoms. The Labute approximate surface area is 158 Å².